The van der Waals surface area contributed by atoms with E-state index in [0.717, 1.165) is 25.2 Å². The van der Waals surface area contributed by atoms with Crippen molar-refractivity contribution in [3.8, 4) is 0 Å². The fourth-order valence-corrected chi connectivity index (χ4v) is 3.97. The van der Waals surface area contributed by atoms with Crippen LogP contribution in [0.3, 0.4) is 0 Å². The molecule has 0 spiro atoms. The lowest BCUT2D eigenvalue weighted by atomic mass is 10.1. The Hall–Kier alpha value is -1.85. The van der Waals surface area contributed by atoms with E-state index in [-0.39, 0.29) is 0 Å². The molecule has 1 aromatic heterocycles. The zero-order valence-corrected chi connectivity index (χ0v) is 15.1. The van der Waals surface area contributed by atoms with E-state index >= 15 is 0 Å². The van der Waals surface area contributed by atoms with E-state index < -0.39 is 0 Å². The van der Waals surface area contributed by atoms with Crippen LogP contribution in [0.25, 0.3) is 0 Å². The smallest absolute Gasteiger partial charge is 0.193 e. The van der Waals surface area contributed by atoms with Gasteiger partial charge in [0.1, 0.15) is 0 Å². The maximum Gasteiger partial charge on any atom is 0.193 e. The van der Waals surface area contributed by atoms with Gasteiger partial charge in [0.05, 0.1) is 12.6 Å². The van der Waals surface area contributed by atoms with Crippen molar-refractivity contribution in [1.29, 1.82) is 0 Å². The lowest BCUT2D eigenvalue weighted by Gasteiger charge is -2.25. The molecule has 5 heteroatoms. The van der Waals surface area contributed by atoms with Crippen molar-refractivity contribution in [3.63, 3.8) is 0 Å². The number of hydrogen-bond acceptors (Lipinski definition) is 3. The molecular weight excluding hydrogens is 316 g/mol. The number of aliphatic imine (C=N–C) groups is 1. The predicted octanol–water partition coefficient (Wildman–Crippen LogP) is 3.87. The molecule has 1 fully saturated rings. The number of thiophene rings is 1. The average Bonchev–Trinajstić information content (AvgIpc) is 3.30. The highest BCUT2D eigenvalue weighted by atomic mass is 32.1. The van der Waals surface area contributed by atoms with Crippen LogP contribution in [0, 0.1) is 0 Å². The molecule has 2 heterocycles. The zero-order chi connectivity index (χ0) is 16.8. The largest absolute Gasteiger partial charge is 0.370 e. The number of nitrogens with zero attached hydrogens (tertiary/aromatic N) is 2. The van der Waals surface area contributed by atoms with E-state index in [0.29, 0.717) is 18.5 Å². The van der Waals surface area contributed by atoms with Crippen molar-refractivity contribution < 1.29 is 0 Å². The third-order valence-electron chi connectivity index (χ3n) is 4.52. The highest BCUT2D eigenvalue weighted by molar-refractivity contribution is 7.10. The van der Waals surface area contributed by atoms with Crippen LogP contribution in [-0.2, 0) is 6.42 Å². The number of likely N-dealkylation sites (tertiary alicyclic amines) is 1. The van der Waals surface area contributed by atoms with E-state index in [1.807, 2.05) is 0 Å². The van der Waals surface area contributed by atoms with Crippen molar-refractivity contribution in [1.82, 2.24) is 4.90 Å². The maximum absolute atomic E-state index is 6.10. The number of nitrogens with two attached hydrogens (primary N) is 1. The fraction of sp³-hybridized carbons (Fsp3) is 0.421. The monoisotopic (exact) mass is 342 g/mol. The van der Waals surface area contributed by atoms with Gasteiger partial charge in [0, 0.05) is 10.6 Å². The number of nitrogens with one attached hydrogen (secondary N) is 1. The van der Waals surface area contributed by atoms with Gasteiger partial charge in [-0.25, -0.2) is 0 Å². The second-order valence-corrected chi connectivity index (χ2v) is 7.15. The molecule has 3 rings (SSSR count). The van der Waals surface area contributed by atoms with Gasteiger partial charge < -0.3 is 11.1 Å². The highest BCUT2D eigenvalue weighted by Crippen LogP contribution is 2.28. The lowest BCUT2D eigenvalue weighted by molar-refractivity contribution is 0.255. The summed E-state index contributed by atoms with van der Waals surface area (Å²) in [5.41, 5.74) is 8.41. The summed E-state index contributed by atoms with van der Waals surface area (Å²) in [6, 6.07) is 13.0. The fourth-order valence-electron chi connectivity index (χ4n) is 3.12. The zero-order valence-electron chi connectivity index (χ0n) is 14.2. The molecule has 2 aromatic rings. The molecule has 0 bridgehead atoms. The maximum atomic E-state index is 6.10. The first-order valence-corrected chi connectivity index (χ1v) is 9.57. The summed E-state index contributed by atoms with van der Waals surface area (Å²) in [6.45, 7) is 5.17. The number of hydrogen-bond donors (Lipinski definition) is 2. The normalized spacial score (nSPS) is 17.1. The summed E-state index contributed by atoms with van der Waals surface area (Å²) in [6.07, 6.45) is 3.61. The summed E-state index contributed by atoms with van der Waals surface area (Å²) in [4.78, 5) is 8.51. The van der Waals surface area contributed by atoms with Gasteiger partial charge in [0.15, 0.2) is 5.96 Å². The summed E-state index contributed by atoms with van der Waals surface area (Å²) >= 11 is 1.81. The molecule has 1 atom stereocenters. The van der Waals surface area contributed by atoms with Crippen molar-refractivity contribution >= 4 is 23.0 Å². The van der Waals surface area contributed by atoms with Gasteiger partial charge in [-0.15, -0.1) is 11.3 Å². The Kier molecular flexibility index (Phi) is 5.88. The Labute approximate surface area is 148 Å². The second kappa shape index (κ2) is 8.31. The minimum Gasteiger partial charge on any atom is -0.370 e. The Morgan fingerprint density at radius 2 is 2.00 bits per heavy atom. The number of anilines is 1. The Balaban J connectivity index is 1.64. The molecule has 1 unspecified atom stereocenters. The second-order valence-electron chi connectivity index (χ2n) is 6.18. The SMILES string of the molecule is CCc1ccc(NC(N)=NCC(c2cccs2)N2CCCC2)cc1. The van der Waals surface area contributed by atoms with E-state index in [1.54, 1.807) is 11.3 Å². The lowest BCUT2D eigenvalue weighted by Crippen LogP contribution is -2.29. The summed E-state index contributed by atoms with van der Waals surface area (Å²) < 4.78 is 0. The first kappa shape index (κ1) is 17.0. The van der Waals surface area contributed by atoms with E-state index in [9.17, 15) is 0 Å². The number of rotatable bonds is 6. The standard InChI is InChI=1S/C19H26N4S/c1-2-15-7-9-16(10-8-15)22-19(20)21-14-17(18-6-5-13-24-18)23-11-3-4-12-23/h5-10,13,17H,2-4,11-12,14H2,1H3,(H3,20,21,22). The van der Waals surface area contributed by atoms with Gasteiger partial charge in [-0.2, -0.15) is 0 Å². The van der Waals surface area contributed by atoms with Gasteiger partial charge in [-0.1, -0.05) is 25.1 Å². The number of guanidine groups is 1. The van der Waals surface area contributed by atoms with Crippen molar-refractivity contribution in [2.24, 2.45) is 10.7 Å². The molecule has 24 heavy (non-hydrogen) atoms. The van der Waals surface area contributed by atoms with Gasteiger partial charge in [0.2, 0.25) is 0 Å². The van der Waals surface area contributed by atoms with E-state index in [4.69, 9.17) is 5.73 Å². The van der Waals surface area contributed by atoms with Crippen LogP contribution < -0.4 is 11.1 Å². The third-order valence-corrected chi connectivity index (χ3v) is 5.50. The molecule has 4 nitrogen and oxygen atoms in total. The minimum atomic E-state index is 0.343. The van der Waals surface area contributed by atoms with E-state index in [2.05, 4.69) is 63.9 Å². The summed E-state index contributed by atoms with van der Waals surface area (Å²) in [7, 11) is 0. The van der Waals surface area contributed by atoms with Gasteiger partial charge in [-0.3, -0.25) is 9.89 Å². The van der Waals surface area contributed by atoms with Gasteiger partial charge in [-0.05, 0) is 61.5 Å². The van der Waals surface area contributed by atoms with Crippen LogP contribution in [0.15, 0.2) is 46.8 Å². The molecule has 3 N–H and O–H groups in total. The topological polar surface area (TPSA) is 53.6 Å². The van der Waals surface area contributed by atoms with Crippen molar-refractivity contribution in [2.75, 3.05) is 25.0 Å². The minimum absolute atomic E-state index is 0.343. The molecule has 1 saturated heterocycles. The molecular formula is C19H26N4S. The van der Waals surface area contributed by atoms with Crippen LogP contribution in [0.5, 0.6) is 0 Å². The summed E-state index contributed by atoms with van der Waals surface area (Å²) in [5, 5.41) is 5.33. The molecule has 0 saturated carbocycles. The summed E-state index contributed by atoms with van der Waals surface area (Å²) in [5.74, 6) is 0.486. The molecule has 1 aromatic carbocycles. The highest BCUT2D eigenvalue weighted by Gasteiger charge is 2.23. The Morgan fingerprint density at radius 3 is 2.62 bits per heavy atom. The third kappa shape index (κ3) is 4.36. The van der Waals surface area contributed by atoms with Crippen LogP contribution in [0.2, 0.25) is 0 Å². The van der Waals surface area contributed by atoms with E-state index in [1.165, 1.54) is 23.3 Å². The number of aryl methyl sites for hydroxylation is 1. The first-order chi connectivity index (χ1) is 11.8. The quantitative estimate of drug-likeness (QED) is 0.619. The van der Waals surface area contributed by atoms with Crippen LogP contribution in [0.1, 0.15) is 36.2 Å². The number of benzene rings is 1. The Morgan fingerprint density at radius 1 is 1.25 bits per heavy atom. The predicted molar refractivity (Wildman–Crippen MR) is 104 cm³/mol. The molecule has 0 amide bonds. The molecule has 1 aliphatic heterocycles. The van der Waals surface area contributed by atoms with Gasteiger partial charge in [0.25, 0.3) is 0 Å². The van der Waals surface area contributed by atoms with Gasteiger partial charge >= 0.3 is 0 Å². The molecule has 1 aliphatic rings. The van der Waals surface area contributed by atoms with Crippen molar-refractivity contribution in [3.05, 3.63) is 52.2 Å². The first-order valence-electron chi connectivity index (χ1n) is 8.69. The molecule has 128 valence electrons. The van der Waals surface area contributed by atoms with Crippen LogP contribution in [0.4, 0.5) is 5.69 Å². The molecule has 0 radical (unpaired) electrons. The average molecular weight is 343 g/mol. The van der Waals surface area contributed by atoms with Crippen LogP contribution >= 0.6 is 11.3 Å². The Bertz CT molecular complexity index is 643. The van der Waals surface area contributed by atoms with Crippen molar-refractivity contribution in [2.45, 2.75) is 32.2 Å². The van der Waals surface area contributed by atoms with Crippen LogP contribution in [-0.4, -0.2) is 30.5 Å². The molecule has 0 aliphatic carbocycles.